The zero-order chi connectivity index (χ0) is 26.9. The standard InChI is InChI=1S/C28H27Cl2N3O4/c1-5-37-25(35)23-24(31)33(19-11-16(30)7-6-14(19)2)20-12-27(3,4)13-21(34)22(20)28(23)17-10-15(29)8-9-18(17)32-26(28)36/h6-11H,5,12-13,31H2,1-4H3,(H,32,36). The number of ether oxygens (including phenoxy) is 1. The van der Waals surface area contributed by atoms with Crippen molar-refractivity contribution in [2.75, 3.05) is 16.8 Å². The number of allylic oxidation sites excluding steroid dienone is 1. The van der Waals surface area contributed by atoms with Gasteiger partial charge in [-0.2, -0.15) is 0 Å². The highest BCUT2D eigenvalue weighted by molar-refractivity contribution is 6.32. The van der Waals surface area contributed by atoms with Crippen molar-refractivity contribution < 1.29 is 19.1 Å². The second-order valence-corrected chi connectivity index (χ2v) is 11.3. The van der Waals surface area contributed by atoms with Gasteiger partial charge in [-0.3, -0.25) is 14.5 Å². The first-order chi connectivity index (χ1) is 17.4. The SMILES string of the molecule is CCOC(=O)C1=C(N)N(c2cc(Cl)ccc2C)C2=C(C(=O)CC(C)(C)C2)C12C(=O)Nc1ccc(Cl)cc12. The number of carbonyl (C=O) groups excluding carboxylic acids is 3. The Bertz CT molecular complexity index is 1460. The van der Waals surface area contributed by atoms with E-state index in [4.69, 9.17) is 33.7 Å². The van der Waals surface area contributed by atoms with Crippen LogP contribution in [0.15, 0.2) is 59.1 Å². The average molecular weight is 540 g/mol. The van der Waals surface area contributed by atoms with E-state index in [1.165, 1.54) is 0 Å². The highest BCUT2D eigenvalue weighted by Gasteiger charge is 2.63. The summed E-state index contributed by atoms with van der Waals surface area (Å²) >= 11 is 12.8. The molecule has 2 aromatic carbocycles. The van der Waals surface area contributed by atoms with Gasteiger partial charge in [0.25, 0.3) is 0 Å². The fourth-order valence-corrected chi connectivity index (χ4v) is 6.15. The number of esters is 1. The average Bonchev–Trinajstić information content (AvgIpc) is 3.06. The Balaban J connectivity index is 1.95. The van der Waals surface area contributed by atoms with Gasteiger partial charge in [-0.25, -0.2) is 4.79 Å². The van der Waals surface area contributed by atoms with Crippen LogP contribution in [0, 0.1) is 12.3 Å². The molecule has 0 saturated carbocycles. The van der Waals surface area contributed by atoms with E-state index in [9.17, 15) is 14.4 Å². The van der Waals surface area contributed by atoms with Crippen molar-refractivity contribution in [2.24, 2.45) is 11.1 Å². The number of Topliss-reactive ketones (excluding diaryl/α,β-unsaturated/α-hetero) is 1. The summed E-state index contributed by atoms with van der Waals surface area (Å²) < 4.78 is 5.45. The summed E-state index contributed by atoms with van der Waals surface area (Å²) in [5, 5.41) is 3.68. The van der Waals surface area contributed by atoms with E-state index < -0.39 is 22.7 Å². The number of fused-ring (bicyclic) bond motifs is 3. The fraction of sp³-hybridized carbons (Fsp3) is 0.321. The third-order valence-corrected chi connectivity index (χ3v) is 7.71. The van der Waals surface area contributed by atoms with Crippen LogP contribution in [0.3, 0.4) is 0 Å². The van der Waals surface area contributed by atoms with Gasteiger partial charge in [0.2, 0.25) is 5.91 Å². The largest absolute Gasteiger partial charge is 0.462 e. The highest BCUT2D eigenvalue weighted by atomic mass is 35.5. The number of hydrogen-bond donors (Lipinski definition) is 2. The molecule has 2 heterocycles. The monoisotopic (exact) mass is 539 g/mol. The van der Waals surface area contributed by atoms with E-state index in [0.717, 1.165) is 5.56 Å². The van der Waals surface area contributed by atoms with Gasteiger partial charge in [-0.1, -0.05) is 43.1 Å². The first kappa shape index (κ1) is 25.4. The van der Waals surface area contributed by atoms with Crippen LogP contribution in [0.5, 0.6) is 0 Å². The van der Waals surface area contributed by atoms with Crippen LogP contribution in [0.4, 0.5) is 11.4 Å². The Hall–Kier alpha value is -3.29. The number of carbonyl (C=O) groups is 3. The van der Waals surface area contributed by atoms with Gasteiger partial charge in [-0.05, 0) is 61.6 Å². The van der Waals surface area contributed by atoms with Gasteiger partial charge in [-0.15, -0.1) is 0 Å². The maximum Gasteiger partial charge on any atom is 0.339 e. The normalized spacial score (nSPS) is 22.3. The first-order valence-corrected chi connectivity index (χ1v) is 12.8. The molecular formula is C28H27Cl2N3O4. The van der Waals surface area contributed by atoms with Crippen molar-refractivity contribution >= 4 is 52.2 Å². The van der Waals surface area contributed by atoms with Crippen LogP contribution >= 0.6 is 23.2 Å². The van der Waals surface area contributed by atoms with Crippen LogP contribution < -0.4 is 16.0 Å². The van der Waals surface area contributed by atoms with Crippen molar-refractivity contribution in [3.63, 3.8) is 0 Å². The van der Waals surface area contributed by atoms with Crippen LogP contribution in [0.25, 0.3) is 0 Å². The fourth-order valence-electron chi connectivity index (χ4n) is 5.81. The smallest absolute Gasteiger partial charge is 0.339 e. The molecule has 0 bridgehead atoms. The lowest BCUT2D eigenvalue weighted by molar-refractivity contribution is -0.140. The molecule has 0 aromatic heterocycles. The van der Waals surface area contributed by atoms with E-state index in [1.54, 1.807) is 42.2 Å². The number of nitrogens with two attached hydrogens (primary N) is 1. The summed E-state index contributed by atoms with van der Waals surface area (Å²) in [6.45, 7) is 7.59. The molecule has 7 nitrogen and oxygen atoms in total. The minimum absolute atomic E-state index is 0.0102. The lowest BCUT2D eigenvalue weighted by Crippen LogP contribution is -2.54. The number of hydrogen-bond acceptors (Lipinski definition) is 6. The molecule has 37 heavy (non-hydrogen) atoms. The molecule has 0 saturated heterocycles. The molecule has 1 spiro atoms. The highest BCUT2D eigenvalue weighted by Crippen LogP contribution is 2.58. The maximum absolute atomic E-state index is 14.1. The van der Waals surface area contributed by atoms with E-state index in [1.807, 2.05) is 26.8 Å². The predicted octanol–water partition coefficient (Wildman–Crippen LogP) is 5.39. The number of anilines is 2. The Morgan fingerprint density at radius 3 is 2.49 bits per heavy atom. The maximum atomic E-state index is 14.1. The molecule has 2 aromatic rings. The third-order valence-electron chi connectivity index (χ3n) is 7.24. The Kier molecular flexibility index (Phi) is 5.92. The molecule has 9 heteroatoms. The summed E-state index contributed by atoms with van der Waals surface area (Å²) in [4.78, 5) is 43.5. The summed E-state index contributed by atoms with van der Waals surface area (Å²) in [5.74, 6) is -1.56. The Labute approximate surface area is 225 Å². The molecular weight excluding hydrogens is 513 g/mol. The van der Waals surface area contributed by atoms with Gasteiger partial charge < -0.3 is 15.8 Å². The number of nitrogens with one attached hydrogen (secondary N) is 1. The number of halogens is 2. The lowest BCUT2D eigenvalue weighted by Gasteiger charge is -2.47. The van der Waals surface area contributed by atoms with Gasteiger partial charge in [0.15, 0.2) is 5.78 Å². The van der Waals surface area contributed by atoms with Crippen molar-refractivity contribution in [2.45, 2.75) is 46.0 Å². The Morgan fingerprint density at radius 2 is 1.78 bits per heavy atom. The van der Waals surface area contributed by atoms with E-state index >= 15 is 0 Å². The lowest BCUT2D eigenvalue weighted by atomic mass is 9.60. The van der Waals surface area contributed by atoms with E-state index in [2.05, 4.69) is 5.32 Å². The quantitative estimate of drug-likeness (QED) is 0.507. The summed E-state index contributed by atoms with van der Waals surface area (Å²) in [6.07, 6.45) is 0.622. The summed E-state index contributed by atoms with van der Waals surface area (Å²) in [7, 11) is 0. The first-order valence-electron chi connectivity index (χ1n) is 12.0. The van der Waals surface area contributed by atoms with Crippen LogP contribution in [-0.4, -0.2) is 24.3 Å². The van der Waals surface area contributed by atoms with Crippen molar-refractivity contribution in [3.8, 4) is 0 Å². The topological polar surface area (TPSA) is 102 Å². The minimum atomic E-state index is -1.80. The molecule has 0 fully saturated rings. The Morgan fingerprint density at radius 1 is 1.11 bits per heavy atom. The number of ketones is 1. The van der Waals surface area contributed by atoms with E-state index in [-0.39, 0.29) is 35.8 Å². The number of amides is 1. The minimum Gasteiger partial charge on any atom is -0.462 e. The molecule has 5 rings (SSSR count). The second-order valence-electron chi connectivity index (χ2n) is 10.4. The van der Waals surface area contributed by atoms with Gasteiger partial charge in [0.1, 0.15) is 16.8 Å². The van der Waals surface area contributed by atoms with Crippen molar-refractivity contribution in [1.82, 2.24) is 0 Å². The number of aryl methyl sites for hydroxylation is 1. The molecule has 1 aliphatic carbocycles. The molecule has 1 atom stereocenters. The van der Waals surface area contributed by atoms with Gasteiger partial charge in [0, 0.05) is 39.0 Å². The van der Waals surface area contributed by atoms with Crippen molar-refractivity contribution in [1.29, 1.82) is 0 Å². The van der Waals surface area contributed by atoms with Gasteiger partial charge >= 0.3 is 5.97 Å². The molecule has 3 N–H and O–H groups in total. The second kappa shape index (κ2) is 8.64. The molecule has 1 amide bonds. The molecule has 1 unspecified atom stereocenters. The molecule has 3 aliphatic rings. The van der Waals surface area contributed by atoms with Crippen molar-refractivity contribution in [3.05, 3.63) is 80.2 Å². The summed E-state index contributed by atoms with van der Waals surface area (Å²) in [6, 6.07) is 10.2. The van der Waals surface area contributed by atoms with Crippen LogP contribution in [0.2, 0.25) is 10.0 Å². The summed E-state index contributed by atoms with van der Waals surface area (Å²) in [5.41, 5.74) is 7.59. The number of benzene rings is 2. The molecule has 192 valence electrons. The molecule has 0 radical (unpaired) electrons. The third kappa shape index (κ3) is 3.67. The predicted molar refractivity (Wildman–Crippen MR) is 143 cm³/mol. The molecule has 2 aliphatic heterocycles. The van der Waals surface area contributed by atoms with Crippen LogP contribution in [0.1, 0.15) is 44.7 Å². The van der Waals surface area contributed by atoms with Gasteiger partial charge in [0.05, 0.1) is 12.3 Å². The number of rotatable bonds is 3. The zero-order valence-corrected chi connectivity index (χ0v) is 22.5. The van der Waals surface area contributed by atoms with E-state index in [0.29, 0.717) is 39.1 Å². The van der Waals surface area contributed by atoms with Crippen LogP contribution in [-0.2, 0) is 24.5 Å². The number of nitrogens with zero attached hydrogens (tertiary/aromatic N) is 1. The zero-order valence-electron chi connectivity index (χ0n) is 21.0.